The number of fused-ring (bicyclic) bond motifs is 1. The van der Waals surface area contributed by atoms with Crippen LogP contribution >= 0.6 is 0 Å². The highest BCUT2D eigenvalue weighted by molar-refractivity contribution is 5.92. The number of hydrogen-bond acceptors (Lipinski definition) is 6. The molecular formula is C27H27F3N6O2. The topological polar surface area (TPSA) is 95.2 Å². The number of benzene rings is 2. The molecule has 1 amide bonds. The molecule has 3 N–H and O–H groups in total. The van der Waals surface area contributed by atoms with E-state index in [9.17, 15) is 18.0 Å². The van der Waals surface area contributed by atoms with Gasteiger partial charge in [0, 0.05) is 37.1 Å². The molecule has 0 unspecified atom stereocenters. The average Bonchev–Trinajstić information content (AvgIpc) is 3.30. The molecule has 1 saturated heterocycles. The van der Waals surface area contributed by atoms with Gasteiger partial charge in [-0.25, -0.2) is 4.98 Å². The largest absolute Gasteiger partial charge is 0.457 e. The highest BCUT2D eigenvalue weighted by atomic mass is 19.4. The fraction of sp³-hybridized carbons (Fsp3) is 0.296. The molecule has 4 aromatic rings. The molecule has 0 spiro atoms. The lowest BCUT2D eigenvalue weighted by Crippen LogP contribution is -2.37. The van der Waals surface area contributed by atoms with Crippen LogP contribution in [0.1, 0.15) is 35.3 Å². The normalized spacial score (nSPS) is 14.4. The molecule has 0 radical (unpaired) electrons. The highest BCUT2D eigenvalue weighted by Crippen LogP contribution is 2.32. The van der Waals surface area contributed by atoms with Crippen LogP contribution in [0.15, 0.2) is 60.8 Å². The second-order valence-corrected chi connectivity index (χ2v) is 9.10. The standard InChI is InChI=1S/C27H27F3N6O2/c28-27(29,30)18-5-4-6-19(15-18)33-26-34-22-8-7-20(16-23(22)35-26)38-21-9-10-31-24(17-21)25(37)32-11-14-36-12-2-1-3-13-36/h4-10,15-17H,1-3,11-14H2,(H,32,37)(H2,33,34,35). The van der Waals surface area contributed by atoms with Gasteiger partial charge < -0.3 is 25.3 Å². The summed E-state index contributed by atoms with van der Waals surface area (Å²) in [5.41, 5.74) is 1.00. The molecule has 11 heteroatoms. The van der Waals surface area contributed by atoms with Gasteiger partial charge in [0.25, 0.3) is 5.91 Å². The number of ether oxygens (including phenoxy) is 1. The highest BCUT2D eigenvalue weighted by Gasteiger charge is 2.30. The Morgan fingerprint density at radius 2 is 1.84 bits per heavy atom. The van der Waals surface area contributed by atoms with Gasteiger partial charge in [-0.05, 0) is 62.3 Å². The zero-order valence-corrected chi connectivity index (χ0v) is 20.5. The van der Waals surface area contributed by atoms with E-state index in [1.54, 1.807) is 30.3 Å². The van der Waals surface area contributed by atoms with E-state index < -0.39 is 11.7 Å². The van der Waals surface area contributed by atoms with Crippen molar-refractivity contribution in [3.05, 3.63) is 72.1 Å². The summed E-state index contributed by atoms with van der Waals surface area (Å²) in [5.74, 6) is 0.975. The van der Waals surface area contributed by atoms with Gasteiger partial charge >= 0.3 is 6.18 Å². The third kappa shape index (κ3) is 6.41. The number of nitrogens with zero attached hydrogens (tertiary/aromatic N) is 3. The molecule has 1 aliphatic rings. The molecule has 3 heterocycles. The smallest absolute Gasteiger partial charge is 0.416 e. The van der Waals surface area contributed by atoms with Crippen molar-refractivity contribution in [2.24, 2.45) is 0 Å². The number of rotatable bonds is 8. The molecule has 0 bridgehead atoms. The maximum absolute atomic E-state index is 13.0. The summed E-state index contributed by atoms with van der Waals surface area (Å²) >= 11 is 0. The number of aromatic amines is 1. The summed E-state index contributed by atoms with van der Waals surface area (Å²) in [6.07, 6.45) is 0.754. The van der Waals surface area contributed by atoms with Gasteiger partial charge in [0.2, 0.25) is 5.95 Å². The van der Waals surface area contributed by atoms with Crippen LogP contribution in [-0.2, 0) is 6.18 Å². The predicted octanol–water partition coefficient (Wildman–Crippen LogP) is 5.73. The summed E-state index contributed by atoms with van der Waals surface area (Å²) in [5, 5.41) is 5.78. The Labute approximate surface area is 217 Å². The Kier molecular flexibility index (Phi) is 7.45. The lowest BCUT2D eigenvalue weighted by molar-refractivity contribution is -0.137. The zero-order chi connectivity index (χ0) is 26.5. The van der Waals surface area contributed by atoms with Crippen molar-refractivity contribution >= 4 is 28.6 Å². The first kappa shape index (κ1) is 25.5. The van der Waals surface area contributed by atoms with Crippen molar-refractivity contribution in [1.82, 2.24) is 25.2 Å². The zero-order valence-electron chi connectivity index (χ0n) is 20.5. The number of carbonyl (C=O) groups is 1. The summed E-state index contributed by atoms with van der Waals surface area (Å²) in [4.78, 5) is 26.5. The second-order valence-electron chi connectivity index (χ2n) is 9.10. The predicted molar refractivity (Wildman–Crippen MR) is 138 cm³/mol. The van der Waals surface area contributed by atoms with Gasteiger partial charge in [-0.3, -0.25) is 9.78 Å². The first-order valence-electron chi connectivity index (χ1n) is 12.4. The molecule has 198 valence electrons. The van der Waals surface area contributed by atoms with Crippen LogP contribution in [0.5, 0.6) is 11.5 Å². The molecule has 8 nitrogen and oxygen atoms in total. The van der Waals surface area contributed by atoms with E-state index >= 15 is 0 Å². The van der Waals surface area contributed by atoms with Crippen LogP contribution in [0, 0.1) is 0 Å². The van der Waals surface area contributed by atoms with Crippen LogP contribution in [-0.4, -0.2) is 51.9 Å². The molecule has 0 atom stereocenters. The molecule has 0 saturated carbocycles. The molecule has 1 aliphatic heterocycles. The van der Waals surface area contributed by atoms with E-state index in [1.807, 2.05) is 0 Å². The number of hydrogen-bond donors (Lipinski definition) is 3. The van der Waals surface area contributed by atoms with Crippen LogP contribution < -0.4 is 15.4 Å². The molecule has 38 heavy (non-hydrogen) atoms. The number of piperidine rings is 1. The minimum atomic E-state index is -4.43. The van der Waals surface area contributed by atoms with Gasteiger partial charge in [-0.1, -0.05) is 12.5 Å². The number of H-pyrrole nitrogens is 1. The minimum Gasteiger partial charge on any atom is -0.457 e. The summed E-state index contributed by atoms with van der Waals surface area (Å²) in [7, 11) is 0. The molecule has 1 fully saturated rings. The van der Waals surface area contributed by atoms with Crippen molar-refractivity contribution in [2.45, 2.75) is 25.4 Å². The lowest BCUT2D eigenvalue weighted by atomic mass is 10.1. The Balaban J connectivity index is 1.22. The molecule has 2 aromatic heterocycles. The van der Waals surface area contributed by atoms with Crippen molar-refractivity contribution in [3.8, 4) is 11.5 Å². The van der Waals surface area contributed by atoms with Crippen molar-refractivity contribution in [2.75, 3.05) is 31.5 Å². The number of imidazole rings is 1. The number of alkyl halides is 3. The Hall–Kier alpha value is -4.12. The van der Waals surface area contributed by atoms with E-state index in [4.69, 9.17) is 4.74 Å². The van der Waals surface area contributed by atoms with Gasteiger partial charge in [0.05, 0.1) is 16.6 Å². The van der Waals surface area contributed by atoms with Crippen molar-refractivity contribution < 1.29 is 22.7 Å². The van der Waals surface area contributed by atoms with E-state index in [0.29, 0.717) is 35.0 Å². The van der Waals surface area contributed by atoms with Gasteiger partial charge in [-0.2, -0.15) is 13.2 Å². The van der Waals surface area contributed by atoms with E-state index in [1.165, 1.54) is 37.6 Å². The molecular weight excluding hydrogens is 497 g/mol. The van der Waals surface area contributed by atoms with E-state index in [-0.39, 0.29) is 17.3 Å². The number of amides is 1. The fourth-order valence-corrected chi connectivity index (χ4v) is 4.36. The summed E-state index contributed by atoms with van der Waals surface area (Å²) in [6, 6.07) is 13.3. The maximum Gasteiger partial charge on any atom is 0.416 e. The SMILES string of the molecule is O=C(NCCN1CCCCC1)c1cc(Oc2ccc3nc(Nc4cccc(C(F)(F)F)c4)[nH]c3c2)ccn1. The van der Waals surface area contributed by atoms with Gasteiger partial charge in [0.1, 0.15) is 17.2 Å². The fourth-order valence-electron chi connectivity index (χ4n) is 4.36. The third-order valence-corrected chi connectivity index (χ3v) is 6.27. The number of aromatic nitrogens is 3. The number of anilines is 2. The molecule has 2 aromatic carbocycles. The monoisotopic (exact) mass is 524 g/mol. The first-order valence-corrected chi connectivity index (χ1v) is 12.4. The lowest BCUT2D eigenvalue weighted by Gasteiger charge is -2.26. The second kappa shape index (κ2) is 11.1. The Bertz CT molecular complexity index is 1420. The minimum absolute atomic E-state index is 0.258. The van der Waals surface area contributed by atoms with Crippen molar-refractivity contribution in [1.29, 1.82) is 0 Å². The maximum atomic E-state index is 13.0. The number of carbonyl (C=O) groups excluding carboxylic acids is 1. The molecule has 5 rings (SSSR count). The van der Waals surface area contributed by atoms with E-state index in [0.717, 1.165) is 31.8 Å². The molecule has 0 aliphatic carbocycles. The number of pyridine rings is 1. The average molecular weight is 525 g/mol. The summed E-state index contributed by atoms with van der Waals surface area (Å²) in [6.45, 7) is 3.51. The third-order valence-electron chi connectivity index (χ3n) is 6.27. The van der Waals surface area contributed by atoms with Crippen molar-refractivity contribution in [3.63, 3.8) is 0 Å². The number of halogens is 3. The van der Waals surface area contributed by atoms with Crippen LogP contribution in [0.4, 0.5) is 24.8 Å². The van der Waals surface area contributed by atoms with Gasteiger partial charge in [0.15, 0.2) is 0 Å². The quantitative estimate of drug-likeness (QED) is 0.273. The van der Waals surface area contributed by atoms with Crippen LogP contribution in [0.25, 0.3) is 11.0 Å². The van der Waals surface area contributed by atoms with E-state index in [2.05, 4.69) is 30.5 Å². The van der Waals surface area contributed by atoms with Crippen LogP contribution in [0.3, 0.4) is 0 Å². The number of nitrogens with one attached hydrogen (secondary N) is 3. The first-order chi connectivity index (χ1) is 18.3. The summed E-state index contributed by atoms with van der Waals surface area (Å²) < 4.78 is 44.9. The Morgan fingerprint density at radius 1 is 1.03 bits per heavy atom. The van der Waals surface area contributed by atoms with Gasteiger partial charge in [-0.15, -0.1) is 0 Å². The number of likely N-dealkylation sites (tertiary alicyclic amines) is 1. The van der Waals surface area contributed by atoms with Crippen LogP contribution in [0.2, 0.25) is 0 Å². The Morgan fingerprint density at radius 3 is 2.66 bits per heavy atom.